The number of morpholine rings is 1. The number of benzene rings is 3. The zero-order valence-corrected chi connectivity index (χ0v) is 20.3. The van der Waals surface area contributed by atoms with Crippen molar-refractivity contribution in [3.05, 3.63) is 94.9 Å². The molecule has 3 aromatic carbocycles. The standard InChI is InChI=1S/C28H26N4O5/c1-19(26(33)29-20-11-13-21(14-12-20)31-15-17-36-18-16-31)37-28(35)25-23-9-5-6-10-24(23)27(34)32(30-25)22-7-3-2-4-8-22/h2-14,19H,15-18H2,1H3,(H,29,33)/t19-/m0/s1. The van der Waals surface area contributed by atoms with Crippen LogP contribution in [0.4, 0.5) is 11.4 Å². The Kier molecular flexibility index (Phi) is 6.96. The maximum atomic E-state index is 13.1. The summed E-state index contributed by atoms with van der Waals surface area (Å²) < 4.78 is 12.0. The van der Waals surface area contributed by atoms with Gasteiger partial charge in [-0.1, -0.05) is 36.4 Å². The maximum absolute atomic E-state index is 13.1. The van der Waals surface area contributed by atoms with Gasteiger partial charge >= 0.3 is 5.97 Å². The van der Waals surface area contributed by atoms with Crippen molar-refractivity contribution in [3.63, 3.8) is 0 Å². The monoisotopic (exact) mass is 498 g/mol. The first-order chi connectivity index (χ1) is 18.0. The van der Waals surface area contributed by atoms with Crippen LogP contribution in [0.15, 0.2) is 83.7 Å². The minimum Gasteiger partial charge on any atom is -0.448 e. The smallest absolute Gasteiger partial charge is 0.360 e. The van der Waals surface area contributed by atoms with Gasteiger partial charge < -0.3 is 19.7 Å². The van der Waals surface area contributed by atoms with Crippen LogP contribution in [-0.4, -0.2) is 54.1 Å². The Bertz CT molecular complexity index is 1480. The van der Waals surface area contributed by atoms with E-state index in [0.717, 1.165) is 18.8 Å². The summed E-state index contributed by atoms with van der Waals surface area (Å²) in [6, 6.07) is 23.0. The molecule has 37 heavy (non-hydrogen) atoms. The number of carbonyl (C=O) groups is 2. The third kappa shape index (κ3) is 5.22. The Morgan fingerprint density at radius 3 is 2.24 bits per heavy atom. The van der Waals surface area contributed by atoms with E-state index in [2.05, 4.69) is 15.3 Å². The fraction of sp³-hybridized carbons (Fsp3) is 0.214. The number of anilines is 2. The van der Waals surface area contributed by atoms with Gasteiger partial charge in [0, 0.05) is 29.9 Å². The number of nitrogens with zero attached hydrogens (tertiary/aromatic N) is 3. The van der Waals surface area contributed by atoms with Crippen LogP contribution >= 0.6 is 0 Å². The van der Waals surface area contributed by atoms with E-state index in [1.165, 1.54) is 11.6 Å². The van der Waals surface area contributed by atoms with Crippen LogP contribution in [0.25, 0.3) is 16.5 Å². The number of fused-ring (bicyclic) bond motifs is 1. The largest absolute Gasteiger partial charge is 0.448 e. The first kappa shape index (κ1) is 24.2. The van der Waals surface area contributed by atoms with Gasteiger partial charge in [0.15, 0.2) is 11.8 Å². The summed E-state index contributed by atoms with van der Waals surface area (Å²) in [5, 5.41) is 7.76. The molecule has 0 unspecified atom stereocenters. The average molecular weight is 499 g/mol. The highest BCUT2D eigenvalue weighted by molar-refractivity contribution is 6.03. The van der Waals surface area contributed by atoms with Crippen molar-refractivity contribution in [2.45, 2.75) is 13.0 Å². The van der Waals surface area contributed by atoms with Crippen molar-refractivity contribution < 1.29 is 19.1 Å². The molecule has 0 spiro atoms. The first-order valence-electron chi connectivity index (χ1n) is 12.0. The number of rotatable bonds is 6. The summed E-state index contributed by atoms with van der Waals surface area (Å²) in [5.41, 5.74) is 1.75. The summed E-state index contributed by atoms with van der Waals surface area (Å²) in [7, 11) is 0. The lowest BCUT2D eigenvalue weighted by Crippen LogP contribution is -2.36. The van der Waals surface area contributed by atoms with Gasteiger partial charge in [-0.25, -0.2) is 4.79 Å². The molecule has 9 nitrogen and oxygen atoms in total. The lowest BCUT2D eigenvalue weighted by atomic mass is 10.1. The summed E-state index contributed by atoms with van der Waals surface area (Å²) in [5.74, 6) is -1.28. The maximum Gasteiger partial charge on any atom is 0.360 e. The van der Waals surface area contributed by atoms with Crippen molar-refractivity contribution in [3.8, 4) is 5.69 Å². The molecule has 1 amide bonds. The minimum absolute atomic E-state index is 0.0476. The third-order valence-corrected chi connectivity index (χ3v) is 6.16. The van der Waals surface area contributed by atoms with E-state index in [1.54, 1.807) is 48.5 Å². The molecule has 0 saturated carbocycles. The number of hydrogen-bond acceptors (Lipinski definition) is 7. The molecule has 1 atom stereocenters. The van der Waals surface area contributed by atoms with Gasteiger partial charge in [0.25, 0.3) is 11.5 Å². The second kappa shape index (κ2) is 10.6. The molecule has 2 heterocycles. The summed E-state index contributed by atoms with van der Waals surface area (Å²) in [4.78, 5) is 41.2. The summed E-state index contributed by atoms with van der Waals surface area (Å²) in [6.45, 7) is 4.51. The van der Waals surface area contributed by atoms with Gasteiger partial charge in [0.05, 0.1) is 24.3 Å². The molecule has 0 bridgehead atoms. The molecule has 5 rings (SSSR count). The summed E-state index contributed by atoms with van der Waals surface area (Å²) in [6.07, 6.45) is -1.09. The van der Waals surface area contributed by atoms with E-state index in [1.807, 2.05) is 30.3 Å². The molecule has 188 valence electrons. The molecule has 1 aliphatic heterocycles. The van der Waals surface area contributed by atoms with Crippen molar-refractivity contribution in [2.75, 3.05) is 36.5 Å². The number of carbonyl (C=O) groups excluding carboxylic acids is 2. The predicted molar refractivity (Wildman–Crippen MR) is 140 cm³/mol. The Balaban J connectivity index is 1.33. The van der Waals surface area contributed by atoms with E-state index in [0.29, 0.717) is 35.4 Å². The summed E-state index contributed by atoms with van der Waals surface area (Å²) >= 11 is 0. The molecular formula is C28H26N4O5. The van der Waals surface area contributed by atoms with Crippen LogP contribution in [-0.2, 0) is 14.3 Å². The van der Waals surface area contributed by atoms with E-state index in [9.17, 15) is 14.4 Å². The normalized spacial score (nSPS) is 14.2. The topological polar surface area (TPSA) is 103 Å². The lowest BCUT2D eigenvalue weighted by molar-refractivity contribution is -0.123. The minimum atomic E-state index is -1.09. The fourth-order valence-corrected chi connectivity index (χ4v) is 4.18. The number of hydrogen-bond donors (Lipinski definition) is 1. The molecule has 4 aromatic rings. The fourth-order valence-electron chi connectivity index (χ4n) is 4.18. The molecule has 1 aromatic heterocycles. The molecule has 0 aliphatic carbocycles. The Morgan fingerprint density at radius 1 is 0.892 bits per heavy atom. The molecule has 9 heteroatoms. The van der Waals surface area contributed by atoms with Crippen molar-refractivity contribution in [1.82, 2.24) is 9.78 Å². The van der Waals surface area contributed by atoms with Crippen LogP contribution in [0.1, 0.15) is 17.4 Å². The van der Waals surface area contributed by atoms with Crippen LogP contribution in [0.2, 0.25) is 0 Å². The predicted octanol–water partition coefficient (Wildman–Crippen LogP) is 3.41. The van der Waals surface area contributed by atoms with Crippen LogP contribution in [0.5, 0.6) is 0 Å². The Hall–Kier alpha value is -4.50. The highest BCUT2D eigenvalue weighted by Crippen LogP contribution is 2.20. The Labute approximate surface area is 213 Å². The second-order valence-corrected chi connectivity index (χ2v) is 8.63. The SMILES string of the molecule is C[C@H](OC(=O)c1nn(-c2ccccc2)c(=O)c2ccccc12)C(=O)Nc1ccc(N2CCOCC2)cc1. The molecule has 1 N–H and O–H groups in total. The van der Waals surface area contributed by atoms with Crippen LogP contribution in [0.3, 0.4) is 0 Å². The van der Waals surface area contributed by atoms with Gasteiger partial charge in [-0.2, -0.15) is 9.78 Å². The second-order valence-electron chi connectivity index (χ2n) is 8.63. The van der Waals surface area contributed by atoms with E-state index >= 15 is 0 Å². The number of ether oxygens (including phenoxy) is 2. The van der Waals surface area contributed by atoms with E-state index < -0.39 is 18.0 Å². The van der Waals surface area contributed by atoms with Gasteiger partial charge in [-0.3, -0.25) is 9.59 Å². The van der Waals surface area contributed by atoms with Gasteiger partial charge in [-0.05, 0) is 49.4 Å². The molecule has 0 radical (unpaired) electrons. The number of esters is 1. The molecule has 1 aliphatic rings. The van der Waals surface area contributed by atoms with Crippen LogP contribution in [0, 0.1) is 0 Å². The highest BCUT2D eigenvalue weighted by Gasteiger charge is 2.24. The van der Waals surface area contributed by atoms with Gasteiger partial charge in [0.1, 0.15) is 0 Å². The quantitative estimate of drug-likeness (QED) is 0.407. The zero-order valence-electron chi connectivity index (χ0n) is 20.3. The van der Waals surface area contributed by atoms with E-state index in [-0.39, 0.29) is 11.3 Å². The number of amides is 1. The lowest BCUT2D eigenvalue weighted by Gasteiger charge is -2.28. The van der Waals surface area contributed by atoms with Gasteiger partial charge in [0.2, 0.25) is 0 Å². The van der Waals surface area contributed by atoms with Crippen molar-refractivity contribution in [1.29, 1.82) is 0 Å². The average Bonchev–Trinajstić information content (AvgIpc) is 2.94. The third-order valence-electron chi connectivity index (χ3n) is 6.16. The number of para-hydroxylation sites is 1. The van der Waals surface area contributed by atoms with Crippen LogP contribution < -0.4 is 15.8 Å². The molecule has 1 fully saturated rings. The highest BCUT2D eigenvalue weighted by atomic mass is 16.5. The van der Waals surface area contributed by atoms with Gasteiger partial charge in [-0.15, -0.1) is 0 Å². The van der Waals surface area contributed by atoms with Crippen molar-refractivity contribution in [2.24, 2.45) is 0 Å². The molecule has 1 saturated heterocycles. The van der Waals surface area contributed by atoms with E-state index in [4.69, 9.17) is 9.47 Å². The zero-order chi connectivity index (χ0) is 25.8. The van der Waals surface area contributed by atoms with Crippen molar-refractivity contribution >= 4 is 34.0 Å². The Morgan fingerprint density at radius 2 is 1.54 bits per heavy atom. The number of aromatic nitrogens is 2. The molecular weight excluding hydrogens is 472 g/mol. The number of nitrogens with one attached hydrogen (secondary N) is 1. The first-order valence-corrected chi connectivity index (χ1v) is 12.0.